The highest BCUT2D eigenvalue weighted by Crippen LogP contribution is 2.37. The Labute approximate surface area is 157 Å². The molecule has 2 aliphatic rings. The molecule has 5 nitrogen and oxygen atoms in total. The maximum atomic E-state index is 12.2. The monoisotopic (exact) mass is 359 g/mol. The molecule has 26 heavy (non-hydrogen) atoms. The molecule has 1 aromatic rings. The minimum absolute atomic E-state index is 0.217. The van der Waals surface area contributed by atoms with Gasteiger partial charge in [-0.1, -0.05) is 31.5 Å². The van der Waals surface area contributed by atoms with Gasteiger partial charge in [0.1, 0.15) is 0 Å². The Balaban J connectivity index is 1.75. The van der Waals surface area contributed by atoms with E-state index in [2.05, 4.69) is 46.8 Å². The van der Waals surface area contributed by atoms with E-state index in [4.69, 9.17) is 14.0 Å². The third-order valence-corrected chi connectivity index (χ3v) is 5.79. The van der Waals surface area contributed by atoms with Crippen molar-refractivity contribution in [3.05, 3.63) is 29.3 Å². The van der Waals surface area contributed by atoms with Gasteiger partial charge in [0.2, 0.25) is 0 Å². The zero-order chi connectivity index (χ0) is 18.9. The second-order valence-corrected chi connectivity index (χ2v) is 8.21. The molecule has 3 rings (SSSR count). The topological polar surface area (TPSA) is 48.0 Å². The number of carbonyl (C=O) groups is 1. The Bertz CT molecular complexity index is 658. The van der Waals surface area contributed by atoms with Crippen molar-refractivity contribution in [1.82, 2.24) is 4.90 Å². The molecule has 0 saturated carbocycles. The molecule has 0 radical (unpaired) electrons. The number of carbonyl (C=O) groups excluding carboxylic acids is 1. The number of fused-ring (bicyclic) bond motifs is 1. The molecular weight excluding hydrogens is 329 g/mol. The largest absolute Gasteiger partial charge is 0.495 e. The van der Waals surface area contributed by atoms with Crippen LogP contribution in [0.4, 0.5) is 4.79 Å². The Morgan fingerprint density at radius 3 is 2.58 bits per heavy atom. The van der Waals surface area contributed by atoms with Gasteiger partial charge in [0.25, 0.3) is 0 Å². The maximum absolute atomic E-state index is 12.2. The predicted octanol–water partition coefficient (Wildman–Crippen LogP) is 3.28. The average Bonchev–Trinajstić information content (AvgIpc) is 2.81. The Morgan fingerprint density at radius 2 is 1.92 bits per heavy atom. The van der Waals surface area contributed by atoms with E-state index in [-0.39, 0.29) is 24.4 Å². The second-order valence-electron chi connectivity index (χ2n) is 8.21. The van der Waals surface area contributed by atoms with Crippen LogP contribution in [0.5, 0.6) is 0 Å². The average molecular weight is 359 g/mol. The molecule has 1 fully saturated rings. The molecule has 0 N–H and O–H groups in total. The van der Waals surface area contributed by atoms with Crippen molar-refractivity contribution < 1.29 is 18.8 Å². The molecule has 0 spiro atoms. The van der Waals surface area contributed by atoms with Crippen LogP contribution in [0.1, 0.15) is 58.6 Å². The number of ether oxygens (including phenoxy) is 1. The smallest absolute Gasteiger partial charge is 0.449 e. The van der Waals surface area contributed by atoms with Gasteiger partial charge in [0, 0.05) is 13.1 Å². The highest BCUT2D eigenvalue weighted by Gasteiger charge is 2.52. The maximum Gasteiger partial charge on any atom is 0.495 e. The van der Waals surface area contributed by atoms with Crippen molar-refractivity contribution in [3.8, 4) is 0 Å². The molecule has 0 aliphatic carbocycles. The highest BCUT2D eigenvalue weighted by molar-refractivity contribution is 6.62. The third-order valence-electron chi connectivity index (χ3n) is 5.79. The number of rotatable bonds is 4. The molecular formula is C20H30BNO4. The van der Waals surface area contributed by atoms with E-state index in [0.717, 1.165) is 30.3 Å². The van der Waals surface area contributed by atoms with E-state index in [0.29, 0.717) is 19.7 Å². The Morgan fingerprint density at radius 1 is 1.23 bits per heavy atom. The highest BCUT2D eigenvalue weighted by atomic mass is 16.7. The van der Waals surface area contributed by atoms with Gasteiger partial charge in [0.15, 0.2) is 0 Å². The summed E-state index contributed by atoms with van der Waals surface area (Å²) in [6.45, 7) is 12.1. The van der Waals surface area contributed by atoms with E-state index in [1.165, 1.54) is 5.56 Å². The molecule has 2 heterocycles. The summed E-state index contributed by atoms with van der Waals surface area (Å²) in [5.74, 6) is 0. The number of nitrogens with zero attached hydrogens (tertiary/aromatic N) is 1. The summed E-state index contributed by atoms with van der Waals surface area (Å²) >= 11 is 0. The van der Waals surface area contributed by atoms with Crippen LogP contribution in [-0.2, 0) is 27.0 Å². The van der Waals surface area contributed by atoms with Gasteiger partial charge in [-0.2, -0.15) is 0 Å². The van der Waals surface area contributed by atoms with Crippen LogP contribution in [0.15, 0.2) is 18.2 Å². The molecule has 0 unspecified atom stereocenters. The van der Waals surface area contributed by atoms with Crippen LogP contribution in [0.25, 0.3) is 0 Å². The first-order valence-electron chi connectivity index (χ1n) is 9.63. The standard InChI is InChI=1S/C20H30BNO4/c1-6-7-13-24-18(23)22-12-11-16-15(14-22)9-8-10-17(16)21-25-19(2,3)20(4,5)26-21/h8-10H,6-7,11-14H2,1-5H3. The molecule has 1 saturated heterocycles. The van der Waals surface area contributed by atoms with Gasteiger partial charge >= 0.3 is 13.2 Å². The van der Waals surface area contributed by atoms with Crippen LogP contribution < -0.4 is 5.46 Å². The lowest BCUT2D eigenvalue weighted by atomic mass is 9.73. The van der Waals surface area contributed by atoms with Crippen LogP contribution in [-0.4, -0.2) is 42.5 Å². The SMILES string of the molecule is CCCCOC(=O)N1CCc2c(cccc2B2OC(C)(C)C(C)(C)O2)C1. The predicted molar refractivity (Wildman–Crippen MR) is 103 cm³/mol. The van der Waals surface area contributed by atoms with Gasteiger partial charge in [-0.25, -0.2) is 4.79 Å². The third kappa shape index (κ3) is 3.62. The first kappa shape index (κ1) is 19.2. The van der Waals surface area contributed by atoms with E-state index < -0.39 is 0 Å². The van der Waals surface area contributed by atoms with Crippen molar-refractivity contribution >= 4 is 18.7 Å². The fraction of sp³-hybridized carbons (Fsp3) is 0.650. The number of benzene rings is 1. The van der Waals surface area contributed by atoms with Crippen LogP contribution in [0.2, 0.25) is 0 Å². The van der Waals surface area contributed by atoms with Crippen LogP contribution >= 0.6 is 0 Å². The summed E-state index contributed by atoms with van der Waals surface area (Å²) in [6.07, 6.45) is 2.50. The lowest BCUT2D eigenvalue weighted by Gasteiger charge is -2.32. The number of hydrogen-bond acceptors (Lipinski definition) is 4. The van der Waals surface area contributed by atoms with Gasteiger partial charge in [-0.15, -0.1) is 0 Å². The summed E-state index contributed by atoms with van der Waals surface area (Å²) in [7, 11) is -0.363. The van der Waals surface area contributed by atoms with Crippen molar-refractivity contribution in [2.24, 2.45) is 0 Å². The van der Waals surface area contributed by atoms with Gasteiger partial charge in [0.05, 0.1) is 17.8 Å². The molecule has 0 bridgehead atoms. The van der Waals surface area contributed by atoms with Crippen molar-refractivity contribution in [1.29, 1.82) is 0 Å². The van der Waals surface area contributed by atoms with E-state index in [1.54, 1.807) is 4.90 Å². The summed E-state index contributed by atoms with van der Waals surface area (Å²) in [6, 6.07) is 6.18. The fourth-order valence-corrected chi connectivity index (χ4v) is 3.38. The van der Waals surface area contributed by atoms with E-state index >= 15 is 0 Å². The lowest BCUT2D eigenvalue weighted by Crippen LogP contribution is -2.43. The number of amides is 1. The molecule has 6 heteroatoms. The number of hydrogen-bond donors (Lipinski definition) is 0. The first-order valence-corrected chi connectivity index (χ1v) is 9.63. The van der Waals surface area contributed by atoms with Crippen LogP contribution in [0, 0.1) is 0 Å². The zero-order valence-corrected chi connectivity index (χ0v) is 16.6. The molecule has 0 atom stereocenters. The van der Waals surface area contributed by atoms with E-state index in [9.17, 15) is 4.79 Å². The summed E-state index contributed by atoms with van der Waals surface area (Å²) in [4.78, 5) is 14.0. The lowest BCUT2D eigenvalue weighted by molar-refractivity contribution is 0.00578. The first-order chi connectivity index (χ1) is 12.2. The molecule has 2 aliphatic heterocycles. The zero-order valence-electron chi connectivity index (χ0n) is 16.6. The van der Waals surface area contributed by atoms with Gasteiger partial charge < -0.3 is 18.9 Å². The normalized spacial score (nSPS) is 20.8. The fourth-order valence-electron chi connectivity index (χ4n) is 3.38. The second kappa shape index (κ2) is 7.24. The minimum Gasteiger partial charge on any atom is -0.449 e. The molecule has 1 aromatic carbocycles. The van der Waals surface area contributed by atoms with Crippen molar-refractivity contribution in [2.75, 3.05) is 13.2 Å². The van der Waals surface area contributed by atoms with Crippen molar-refractivity contribution in [2.45, 2.75) is 71.6 Å². The van der Waals surface area contributed by atoms with Crippen molar-refractivity contribution in [3.63, 3.8) is 0 Å². The van der Waals surface area contributed by atoms with Crippen LogP contribution in [0.3, 0.4) is 0 Å². The van der Waals surface area contributed by atoms with Gasteiger partial charge in [-0.3, -0.25) is 0 Å². The Hall–Kier alpha value is -1.53. The summed E-state index contributed by atoms with van der Waals surface area (Å²) < 4.78 is 17.8. The minimum atomic E-state index is -0.363. The molecule has 1 amide bonds. The Kier molecular flexibility index (Phi) is 5.36. The number of unbranched alkanes of at least 4 members (excludes halogenated alkanes) is 1. The quantitative estimate of drug-likeness (QED) is 0.612. The summed E-state index contributed by atoms with van der Waals surface area (Å²) in [5, 5.41) is 0. The molecule has 142 valence electrons. The summed E-state index contributed by atoms with van der Waals surface area (Å²) in [5.41, 5.74) is 2.76. The molecule has 0 aromatic heterocycles. The van der Waals surface area contributed by atoms with Gasteiger partial charge in [-0.05, 0) is 57.1 Å². The van der Waals surface area contributed by atoms with E-state index in [1.807, 2.05) is 6.07 Å².